The molecule has 0 amide bonds. The van der Waals surface area contributed by atoms with Gasteiger partial charge in [-0.25, -0.2) is 0 Å². The molecule has 100 valence electrons. The lowest BCUT2D eigenvalue weighted by atomic mass is 9.92. The van der Waals surface area contributed by atoms with Gasteiger partial charge in [-0.3, -0.25) is 4.79 Å². The molecule has 1 atom stereocenters. The molecule has 0 radical (unpaired) electrons. The highest BCUT2D eigenvalue weighted by molar-refractivity contribution is 5.77. The molecule has 3 heteroatoms. The third-order valence-electron chi connectivity index (χ3n) is 3.44. The van der Waals surface area contributed by atoms with Crippen molar-refractivity contribution in [2.24, 2.45) is 0 Å². The Kier molecular flexibility index (Phi) is 5.35. The van der Waals surface area contributed by atoms with Crippen LogP contribution >= 0.6 is 0 Å². The number of rotatable bonds is 6. The van der Waals surface area contributed by atoms with Gasteiger partial charge in [0.15, 0.2) is 0 Å². The third-order valence-corrected chi connectivity index (χ3v) is 3.44. The van der Waals surface area contributed by atoms with E-state index >= 15 is 0 Å². The smallest absolute Gasteiger partial charge is 0.312 e. The van der Waals surface area contributed by atoms with Crippen molar-refractivity contribution in [2.45, 2.75) is 33.6 Å². The van der Waals surface area contributed by atoms with Crippen molar-refractivity contribution in [2.75, 3.05) is 19.6 Å². The van der Waals surface area contributed by atoms with Crippen LogP contribution in [-0.2, 0) is 4.79 Å². The molecule has 0 aromatic heterocycles. The zero-order valence-corrected chi connectivity index (χ0v) is 11.7. The SMILES string of the molecule is CCN(CC)CC(C(=O)O)c1cc(C)ccc1C. The van der Waals surface area contributed by atoms with Gasteiger partial charge in [0.05, 0.1) is 5.92 Å². The van der Waals surface area contributed by atoms with Crippen LogP contribution in [0.1, 0.15) is 36.5 Å². The zero-order valence-electron chi connectivity index (χ0n) is 11.7. The number of carboxylic acids is 1. The second-order valence-electron chi connectivity index (χ2n) is 4.74. The molecule has 1 rings (SSSR count). The van der Waals surface area contributed by atoms with Gasteiger partial charge in [-0.1, -0.05) is 37.6 Å². The number of benzene rings is 1. The summed E-state index contributed by atoms with van der Waals surface area (Å²) < 4.78 is 0. The molecule has 0 saturated heterocycles. The summed E-state index contributed by atoms with van der Waals surface area (Å²) in [5.74, 6) is -1.18. The van der Waals surface area contributed by atoms with Gasteiger partial charge in [-0.05, 0) is 38.1 Å². The Bertz CT molecular complexity index is 411. The second-order valence-corrected chi connectivity index (χ2v) is 4.74. The molecule has 18 heavy (non-hydrogen) atoms. The highest BCUT2D eigenvalue weighted by atomic mass is 16.4. The molecule has 0 heterocycles. The highest BCUT2D eigenvalue weighted by Gasteiger charge is 2.23. The fraction of sp³-hybridized carbons (Fsp3) is 0.533. The normalized spacial score (nSPS) is 12.7. The summed E-state index contributed by atoms with van der Waals surface area (Å²) in [6.07, 6.45) is 0. The molecule has 0 aliphatic carbocycles. The van der Waals surface area contributed by atoms with Crippen LogP contribution in [0.25, 0.3) is 0 Å². The van der Waals surface area contributed by atoms with Gasteiger partial charge in [0.25, 0.3) is 0 Å². The van der Waals surface area contributed by atoms with Crippen LogP contribution in [0, 0.1) is 13.8 Å². The maximum Gasteiger partial charge on any atom is 0.312 e. The predicted molar refractivity (Wildman–Crippen MR) is 74.1 cm³/mol. The fourth-order valence-corrected chi connectivity index (χ4v) is 2.18. The molecule has 0 aliphatic heterocycles. The van der Waals surface area contributed by atoms with E-state index in [0.29, 0.717) is 6.54 Å². The van der Waals surface area contributed by atoms with Crippen molar-refractivity contribution < 1.29 is 9.90 Å². The zero-order chi connectivity index (χ0) is 13.7. The van der Waals surface area contributed by atoms with E-state index in [4.69, 9.17) is 0 Å². The number of likely N-dealkylation sites (N-methyl/N-ethyl adjacent to an activating group) is 1. The van der Waals surface area contributed by atoms with Crippen LogP contribution in [-0.4, -0.2) is 35.6 Å². The number of nitrogens with zero attached hydrogens (tertiary/aromatic N) is 1. The van der Waals surface area contributed by atoms with Gasteiger partial charge in [0.2, 0.25) is 0 Å². The lowest BCUT2D eigenvalue weighted by Crippen LogP contribution is -2.32. The van der Waals surface area contributed by atoms with E-state index in [1.807, 2.05) is 32.0 Å². The first kappa shape index (κ1) is 14.7. The molecule has 0 aliphatic rings. The first-order chi connectivity index (χ1) is 8.49. The van der Waals surface area contributed by atoms with Crippen LogP contribution in [0.2, 0.25) is 0 Å². The lowest BCUT2D eigenvalue weighted by molar-refractivity contribution is -0.139. The molecule has 0 bridgehead atoms. The third kappa shape index (κ3) is 3.57. The van der Waals surface area contributed by atoms with E-state index in [2.05, 4.69) is 18.7 Å². The van der Waals surface area contributed by atoms with Gasteiger partial charge in [0, 0.05) is 6.54 Å². The van der Waals surface area contributed by atoms with Crippen LogP contribution in [0.3, 0.4) is 0 Å². The van der Waals surface area contributed by atoms with Crippen molar-refractivity contribution in [1.29, 1.82) is 0 Å². The standard InChI is InChI=1S/C15H23NO2/c1-5-16(6-2)10-14(15(17)18)13-9-11(3)7-8-12(13)4/h7-9,14H,5-6,10H2,1-4H3,(H,17,18). The number of aryl methyl sites for hydroxylation is 2. The lowest BCUT2D eigenvalue weighted by Gasteiger charge is -2.24. The van der Waals surface area contributed by atoms with E-state index in [-0.39, 0.29) is 0 Å². The summed E-state index contributed by atoms with van der Waals surface area (Å²) in [4.78, 5) is 13.7. The molecule has 1 unspecified atom stereocenters. The molecule has 3 nitrogen and oxygen atoms in total. The summed E-state index contributed by atoms with van der Waals surface area (Å²) in [5.41, 5.74) is 3.11. The summed E-state index contributed by atoms with van der Waals surface area (Å²) in [5, 5.41) is 9.46. The van der Waals surface area contributed by atoms with Gasteiger partial charge >= 0.3 is 5.97 Å². The quantitative estimate of drug-likeness (QED) is 0.842. The molecular formula is C15H23NO2. The van der Waals surface area contributed by atoms with Gasteiger partial charge in [0.1, 0.15) is 0 Å². The maximum absolute atomic E-state index is 11.5. The molecule has 0 fully saturated rings. The number of hydrogen-bond donors (Lipinski definition) is 1. The minimum absolute atomic E-state index is 0.440. The molecule has 1 aromatic rings. The topological polar surface area (TPSA) is 40.5 Å². The van der Waals surface area contributed by atoms with E-state index < -0.39 is 11.9 Å². The van der Waals surface area contributed by atoms with Crippen LogP contribution in [0.5, 0.6) is 0 Å². The summed E-state index contributed by atoms with van der Waals surface area (Å²) >= 11 is 0. The Morgan fingerprint density at radius 2 is 1.89 bits per heavy atom. The van der Waals surface area contributed by atoms with Crippen LogP contribution < -0.4 is 0 Å². The Morgan fingerprint density at radius 1 is 1.28 bits per heavy atom. The van der Waals surface area contributed by atoms with E-state index in [1.54, 1.807) is 0 Å². The van der Waals surface area contributed by atoms with Crippen molar-refractivity contribution >= 4 is 5.97 Å². The fourth-order valence-electron chi connectivity index (χ4n) is 2.18. The van der Waals surface area contributed by atoms with Gasteiger partial charge < -0.3 is 10.0 Å². The number of carbonyl (C=O) groups is 1. The predicted octanol–water partition coefficient (Wildman–Crippen LogP) is 2.81. The largest absolute Gasteiger partial charge is 0.481 e. The minimum atomic E-state index is -0.740. The first-order valence-electron chi connectivity index (χ1n) is 6.51. The minimum Gasteiger partial charge on any atom is -0.481 e. The van der Waals surface area contributed by atoms with Crippen molar-refractivity contribution in [3.05, 3.63) is 34.9 Å². The van der Waals surface area contributed by atoms with Gasteiger partial charge in [-0.15, -0.1) is 0 Å². The summed E-state index contributed by atoms with van der Waals surface area (Å²) in [7, 11) is 0. The summed E-state index contributed by atoms with van der Waals surface area (Å²) in [6, 6.07) is 6.02. The molecule has 0 saturated carbocycles. The molecule has 1 N–H and O–H groups in total. The van der Waals surface area contributed by atoms with Gasteiger partial charge in [-0.2, -0.15) is 0 Å². The van der Waals surface area contributed by atoms with Crippen molar-refractivity contribution in [1.82, 2.24) is 4.90 Å². The average Bonchev–Trinajstić information content (AvgIpc) is 2.34. The monoisotopic (exact) mass is 249 g/mol. The highest BCUT2D eigenvalue weighted by Crippen LogP contribution is 2.22. The van der Waals surface area contributed by atoms with E-state index in [1.165, 1.54) is 0 Å². The number of hydrogen-bond acceptors (Lipinski definition) is 2. The second kappa shape index (κ2) is 6.55. The average molecular weight is 249 g/mol. The Hall–Kier alpha value is -1.35. The van der Waals surface area contributed by atoms with Crippen molar-refractivity contribution in [3.63, 3.8) is 0 Å². The van der Waals surface area contributed by atoms with Crippen LogP contribution in [0.15, 0.2) is 18.2 Å². The first-order valence-corrected chi connectivity index (χ1v) is 6.51. The molecular weight excluding hydrogens is 226 g/mol. The van der Waals surface area contributed by atoms with Crippen LogP contribution in [0.4, 0.5) is 0 Å². The Morgan fingerprint density at radius 3 is 2.39 bits per heavy atom. The number of carboxylic acid groups (broad SMARTS) is 1. The Labute approximate surface area is 109 Å². The number of aliphatic carboxylic acids is 1. The Balaban J connectivity index is 3.04. The van der Waals surface area contributed by atoms with E-state index in [0.717, 1.165) is 29.8 Å². The molecule has 1 aromatic carbocycles. The summed E-state index contributed by atoms with van der Waals surface area (Å²) in [6.45, 7) is 10.4. The maximum atomic E-state index is 11.5. The molecule has 0 spiro atoms. The van der Waals surface area contributed by atoms with Crippen molar-refractivity contribution in [3.8, 4) is 0 Å². The van der Waals surface area contributed by atoms with E-state index in [9.17, 15) is 9.90 Å².